The first-order chi connectivity index (χ1) is 13.8. The molecule has 0 saturated carbocycles. The monoisotopic (exact) mass is 378 g/mol. The van der Waals surface area contributed by atoms with Crippen molar-refractivity contribution in [3.05, 3.63) is 53.9 Å². The van der Waals surface area contributed by atoms with Crippen LogP contribution in [0.5, 0.6) is 0 Å². The van der Waals surface area contributed by atoms with E-state index in [0.29, 0.717) is 12.5 Å². The third kappa shape index (κ3) is 3.18. The van der Waals surface area contributed by atoms with Crippen molar-refractivity contribution in [2.45, 2.75) is 31.8 Å². The van der Waals surface area contributed by atoms with Crippen molar-refractivity contribution < 1.29 is 4.63 Å². The number of hydrogen-bond donors (Lipinski definition) is 0. The molecule has 9 heteroatoms. The van der Waals surface area contributed by atoms with E-state index in [9.17, 15) is 0 Å². The molecule has 4 aromatic rings. The average Bonchev–Trinajstić information content (AvgIpc) is 3.45. The van der Waals surface area contributed by atoms with Crippen molar-refractivity contribution in [3.8, 4) is 0 Å². The first kappa shape index (κ1) is 17.1. The van der Waals surface area contributed by atoms with Crippen LogP contribution in [0.3, 0.4) is 0 Å². The topological polar surface area (TPSA) is 90.7 Å². The lowest BCUT2D eigenvalue weighted by atomic mass is 9.96. The van der Waals surface area contributed by atoms with Gasteiger partial charge in [0, 0.05) is 38.4 Å². The molecular formula is C19H22N8O. The lowest BCUT2D eigenvalue weighted by Crippen LogP contribution is -2.35. The predicted octanol–water partition coefficient (Wildman–Crippen LogP) is 1.98. The first-order valence-electron chi connectivity index (χ1n) is 9.56. The van der Waals surface area contributed by atoms with Crippen LogP contribution in [-0.4, -0.2) is 52.8 Å². The molecule has 0 N–H and O–H groups in total. The zero-order valence-electron chi connectivity index (χ0n) is 15.8. The second-order valence-corrected chi connectivity index (χ2v) is 7.36. The molecule has 0 bridgehead atoms. The van der Waals surface area contributed by atoms with E-state index >= 15 is 0 Å². The second-order valence-electron chi connectivity index (χ2n) is 7.36. The molecule has 1 aliphatic heterocycles. The Bertz CT molecular complexity index is 1070. The van der Waals surface area contributed by atoms with E-state index in [1.165, 1.54) is 0 Å². The van der Waals surface area contributed by atoms with Gasteiger partial charge >= 0.3 is 0 Å². The van der Waals surface area contributed by atoms with Gasteiger partial charge in [-0.2, -0.15) is 5.10 Å². The van der Waals surface area contributed by atoms with Crippen molar-refractivity contribution in [1.82, 2.24) is 39.8 Å². The third-order valence-electron chi connectivity index (χ3n) is 5.50. The molecule has 1 fully saturated rings. The minimum absolute atomic E-state index is 0.368. The number of hydrogen-bond acceptors (Lipinski definition) is 7. The van der Waals surface area contributed by atoms with Gasteiger partial charge in [0.2, 0.25) is 0 Å². The Kier molecular flexibility index (Phi) is 4.36. The van der Waals surface area contributed by atoms with Crippen LogP contribution in [0.4, 0.5) is 0 Å². The van der Waals surface area contributed by atoms with Gasteiger partial charge in [0.1, 0.15) is 23.4 Å². The Balaban J connectivity index is 1.32. The smallest absolute Gasteiger partial charge is 0.154 e. The van der Waals surface area contributed by atoms with Crippen molar-refractivity contribution in [2.24, 2.45) is 7.05 Å². The average molecular weight is 378 g/mol. The number of aromatic nitrogens is 7. The maximum Gasteiger partial charge on any atom is 0.154 e. The van der Waals surface area contributed by atoms with Gasteiger partial charge in [-0.05, 0) is 47.4 Å². The van der Waals surface area contributed by atoms with Crippen LogP contribution < -0.4 is 0 Å². The molecule has 1 aliphatic rings. The van der Waals surface area contributed by atoms with Crippen molar-refractivity contribution in [1.29, 1.82) is 0 Å². The molecule has 1 aromatic carbocycles. The summed E-state index contributed by atoms with van der Waals surface area (Å²) in [7, 11) is 2.05. The normalized spacial score (nSPS) is 18.1. The molecule has 5 rings (SSSR count). The predicted molar refractivity (Wildman–Crippen MR) is 101 cm³/mol. The van der Waals surface area contributed by atoms with Gasteiger partial charge in [0.25, 0.3) is 0 Å². The minimum Gasteiger partial charge on any atom is -0.316 e. The maximum atomic E-state index is 4.90. The van der Waals surface area contributed by atoms with Crippen LogP contribution in [0.15, 0.2) is 41.3 Å². The molecule has 0 amide bonds. The van der Waals surface area contributed by atoms with Crippen LogP contribution >= 0.6 is 0 Å². The fraction of sp³-hybridized carbons (Fsp3) is 0.421. The molecule has 4 heterocycles. The zero-order valence-corrected chi connectivity index (χ0v) is 15.8. The van der Waals surface area contributed by atoms with E-state index in [2.05, 4.69) is 48.2 Å². The fourth-order valence-corrected chi connectivity index (χ4v) is 4.05. The van der Waals surface area contributed by atoms with E-state index in [1.54, 1.807) is 6.20 Å². The Morgan fingerprint density at radius 3 is 3.00 bits per heavy atom. The second kappa shape index (κ2) is 7.16. The van der Waals surface area contributed by atoms with Crippen LogP contribution in [0.1, 0.15) is 36.0 Å². The summed E-state index contributed by atoms with van der Waals surface area (Å²) in [6.45, 7) is 3.49. The highest BCUT2D eigenvalue weighted by atomic mass is 16.6. The highest BCUT2D eigenvalue weighted by Gasteiger charge is 2.26. The zero-order chi connectivity index (χ0) is 18.9. The summed E-state index contributed by atoms with van der Waals surface area (Å²) in [4.78, 5) is 2.46. The van der Waals surface area contributed by atoms with E-state index in [1.807, 2.05) is 29.1 Å². The standard InChI is InChI=1S/C19H22N8O/c1-25-17(13-27-10-4-8-20-27)21-22-19(25)15-6-3-9-26(12-15)11-14-5-2-7-16-18(14)24-28-23-16/h2,4-5,7-8,10,15H,3,6,9,11-13H2,1H3/t15-/m1/s1. The largest absolute Gasteiger partial charge is 0.316 e. The van der Waals surface area contributed by atoms with E-state index in [-0.39, 0.29) is 0 Å². The van der Waals surface area contributed by atoms with Gasteiger partial charge in [-0.3, -0.25) is 9.58 Å². The summed E-state index contributed by atoms with van der Waals surface area (Å²) >= 11 is 0. The lowest BCUT2D eigenvalue weighted by Gasteiger charge is -2.32. The molecule has 9 nitrogen and oxygen atoms in total. The van der Waals surface area contributed by atoms with E-state index < -0.39 is 0 Å². The Morgan fingerprint density at radius 2 is 2.11 bits per heavy atom. The van der Waals surface area contributed by atoms with Crippen molar-refractivity contribution >= 4 is 11.0 Å². The molecule has 0 unspecified atom stereocenters. The molecular weight excluding hydrogens is 356 g/mol. The van der Waals surface area contributed by atoms with Crippen molar-refractivity contribution in [2.75, 3.05) is 13.1 Å². The van der Waals surface area contributed by atoms with Gasteiger partial charge in [0.15, 0.2) is 5.82 Å². The number of rotatable bonds is 5. The van der Waals surface area contributed by atoms with E-state index in [4.69, 9.17) is 4.63 Å². The van der Waals surface area contributed by atoms with Gasteiger partial charge in [-0.25, -0.2) is 4.63 Å². The Hall–Kier alpha value is -3.07. The molecule has 0 aliphatic carbocycles. The number of piperidine rings is 1. The summed E-state index contributed by atoms with van der Waals surface area (Å²) in [6.07, 6.45) is 5.98. The number of nitrogens with zero attached hydrogens (tertiary/aromatic N) is 8. The molecule has 1 atom stereocenters. The number of likely N-dealkylation sites (tertiary alicyclic amines) is 1. The van der Waals surface area contributed by atoms with Gasteiger partial charge < -0.3 is 4.57 Å². The minimum atomic E-state index is 0.368. The van der Waals surface area contributed by atoms with Crippen LogP contribution in [0.25, 0.3) is 11.0 Å². The Morgan fingerprint density at radius 1 is 1.14 bits per heavy atom. The molecule has 28 heavy (non-hydrogen) atoms. The van der Waals surface area contributed by atoms with Crippen LogP contribution in [0, 0.1) is 0 Å². The highest BCUT2D eigenvalue weighted by molar-refractivity contribution is 5.76. The summed E-state index contributed by atoms with van der Waals surface area (Å²) in [5, 5.41) is 21.2. The summed E-state index contributed by atoms with van der Waals surface area (Å²) in [6, 6.07) is 7.95. The maximum absolute atomic E-state index is 4.90. The third-order valence-corrected chi connectivity index (χ3v) is 5.50. The van der Waals surface area contributed by atoms with Gasteiger partial charge in [-0.1, -0.05) is 12.1 Å². The Labute approximate surface area is 161 Å². The molecule has 144 valence electrons. The fourth-order valence-electron chi connectivity index (χ4n) is 4.05. The highest BCUT2D eigenvalue weighted by Crippen LogP contribution is 2.27. The van der Waals surface area contributed by atoms with Crippen molar-refractivity contribution in [3.63, 3.8) is 0 Å². The number of fused-ring (bicyclic) bond motifs is 1. The van der Waals surface area contributed by atoms with E-state index in [0.717, 1.165) is 60.7 Å². The van der Waals surface area contributed by atoms with Crippen LogP contribution in [-0.2, 0) is 20.1 Å². The quantitative estimate of drug-likeness (QED) is 0.524. The lowest BCUT2D eigenvalue weighted by molar-refractivity contribution is 0.195. The summed E-state index contributed by atoms with van der Waals surface area (Å²) in [5.41, 5.74) is 2.81. The number of benzene rings is 1. The molecule has 3 aromatic heterocycles. The first-order valence-corrected chi connectivity index (χ1v) is 9.56. The van der Waals surface area contributed by atoms with Gasteiger partial charge in [-0.15, -0.1) is 10.2 Å². The molecule has 0 radical (unpaired) electrons. The van der Waals surface area contributed by atoms with Gasteiger partial charge in [0.05, 0.1) is 0 Å². The van der Waals surface area contributed by atoms with Crippen LogP contribution in [0.2, 0.25) is 0 Å². The molecule has 0 spiro atoms. The summed E-state index contributed by atoms with van der Waals surface area (Å²) < 4.78 is 8.89. The summed E-state index contributed by atoms with van der Waals surface area (Å²) in [5.74, 6) is 2.34. The molecule has 1 saturated heterocycles. The SMILES string of the molecule is Cn1c(Cn2cccn2)nnc1[C@@H]1CCCN(Cc2cccc3nonc23)C1.